The van der Waals surface area contributed by atoms with E-state index in [-0.39, 0.29) is 35.0 Å². The van der Waals surface area contributed by atoms with Crippen LogP contribution in [0.15, 0.2) is 78.9 Å². The lowest BCUT2D eigenvalue weighted by molar-refractivity contribution is -0.122. The highest BCUT2D eigenvalue weighted by Gasteiger charge is 2.49. The molecule has 0 unspecified atom stereocenters. The molecule has 1 saturated carbocycles. The van der Waals surface area contributed by atoms with Crippen molar-refractivity contribution in [3.8, 4) is 17.0 Å². The third-order valence-electron chi connectivity index (χ3n) is 8.57. The summed E-state index contributed by atoms with van der Waals surface area (Å²) in [7, 11) is 1.55. The molecule has 2 amide bonds. The summed E-state index contributed by atoms with van der Waals surface area (Å²) < 4.78 is 10.8. The summed E-state index contributed by atoms with van der Waals surface area (Å²) in [5.41, 5.74) is 3.04. The van der Waals surface area contributed by atoms with Crippen LogP contribution in [0.5, 0.6) is 5.75 Å². The number of ether oxygens (including phenoxy) is 2. The summed E-state index contributed by atoms with van der Waals surface area (Å²) in [6, 6.07) is 22.6. The normalized spacial score (nSPS) is 20.5. The Labute approximate surface area is 249 Å². The van der Waals surface area contributed by atoms with Crippen LogP contribution < -0.4 is 9.64 Å². The number of aromatic nitrogens is 1. The van der Waals surface area contributed by atoms with Gasteiger partial charge in [0.05, 0.1) is 41.4 Å². The molecule has 8 nitrogen and oxygen atoms in total. The first-order valence-electron chi connectivity index (χ1n) is 14.5. The second kappa shape index (κ2) is 11.4. The van der Waals surface area contributed by atoms with Crippen LogP contribution in [0, 0.1) is 17.8 Å². The molecule has 4 atom stereocenters. The number of fused-ring (bicyclic) bond motifs is 2. The molecule has 218 valence electrons. The fourth-order valence-corrected chi connectivity index (χ4v) is 6.19. The summed E-state index contributed by atoms with van der Waals surface area (Å²) in [6.45, 7) is 3.68. The van der Waals surface area contributed by atoms with E-state index in [1.54, 1.807) is 80.8 Å². The number of hydrogen-bond donors (Lipinski definition) is 0. The number of para-hydroxylation sites is 1. The molecular weight excluding hydrogens is 544 g/mol. The maximum atomic E-state index is 13.4. The topological polar surface area (TPSA) is 103 Å². The van der Waals surface area contributed by atoms with Crippen LogP contribution in [-0.4, -0.2) is 41.8 Å². The second-order valence-corrected chi connectivity index (χ2v) is 11.4. The summed E-state index contributed by atoms with van der Waals surface area (Å²) in [5, 5.41) is 0.599. The lowest BCUT2D eigenvalue weighted by Crippen LogP contribution is -2.30. The van der Waals surface area contributed by atoms with Crippen LogP contribution in [0.3, 0.4) is 0 Å². The number of pyridine rings is 1. The molecule has 2 heterocycles. The summed E-state index contributed by atoms with van der Waals surface area (Å²) in [4.78, 5) is 58.8. The van der Waals surface area contributed by atoms with Gasteiger partial charge in [-0.15, -0.1) is 0 Å². The molecule has 1 saturated heterocycles. The minimum atomic E-state index is -1.02. The van der Waals surface area contributed by atoms with Gasteiger partial charge in [0.15, 0.2) is 6.10 Å². The minimum absolute atomic E-state index is 0.123. The predicted octanol–water partition coefficient (Wildman–Crippen LogP) is 6.26. The molecule has 2 fully saturated rings. The number of imide groups is 1. The van der Waals surface area contributed by atoms with E-state index < -0.39 is 12.1 Å². The van der Waals surface area contributed by atoms with Crippen molar-refractivity contribution in [2.75, 3.05) is 12.0 Å². The number of hydrogen-bond acceptors (Lipinski definition) is 7. The van der Waals surface area contributed by atoms with Crippen molar-refractivity contribution in [1.82, 2.24) is 4.98 Å². The van der Waals surface area contributed by atoms with Gasteiger partial charge in [-0.2, -0.15) is 0 Å². The summed E-state index contributed by atoms with van der Waals surface area (Å²) in [6.07, 6.45) is 1.43. The molecule has 0 bridgehead atoms. The Balaban J connectivity index is 1.26. The highest BCUT2D eigenvalue weighted by molar-refractivity contribution is 6.22. The number of carbonyl (C=O) groups is 4. The molecule has 3 aromatic carbocycles. The zero-order chi connectivity index (χ0) is 30.2. The zero-order valence-electron chi connectivity index (χ0n) is 24.3. The molecular formula is C35H32N2O6. The average Bonchev–Trinajstić information content (AvgIpc) is 3.28. The largest absolute Gasteiger partial charge is 0.497 e. The first-order valence-corrected chi connectivity index (χ1v) is 14.5. The van der Waals surface area contributed by atoms with Crippen molar-refractivity contribution >= 4 is 40.2 Å². The number of esters is 1. The molecule has 0 N–H and O–H groups in total. The standard InChI is InChI=1S/C35H32N2O6/c1-20-8-17-27-28(18-20)34(40)37(33(27)39)24-13-9-22(10-14-24)31-19-29(26-6-4-5-7-30(26)36-31)35(41)43-21(2)32(38)23-11-15-25(42-3)16-12-23/h4-7,9-16,19-21,27-28H,8,17-18H2,1-3H3/t20-,21-,27-,28+/m1/s1. The predicted molar refractivity (Wildman–Crippen MR) is 162 cm³/mol. The molecule has 0 radical (unpaired) electrons. The van der Waals surface area contributed by atoms with Crippen molar-refractivity contribution in [3.05, 3.63) is 90.0 Å². The third-order valence-corrected chi connectivity index (χ3v) is 8.57. The lowest BCUT2D eigenvalue weighted by atomic mass is 9.76. The van der Waals surface area contributed by atoms with E-state index >= 15 is 0 Å². The van der Waals surface area contributed by atoms with E-state index in [0.29, 0.717) is 45.1 Å². The summed E-state index contributed by atoms with van der Waals surface area (Å²) in [5.74, 6) is -0.645. The number of amides is 2. The van der Waals surface area contributed by atoms with Crippen LogP contribution in [0.25, 0.3) is 22.2 Å². The Hall–Kier alpha value is -4.85. The van der Waals surface area contributed by atoms with Crippen molar-refractivity contribution < 1.29 is 28.7 Å². The fourth-order valence-electron chi connectivity index (χ4n) is 6.19. The van der Waals surface area contributed by atoms with Crippen LogP contribution in [0.2, 0.25) is 0 Å². The first-order chi connectivity index (χ1) is 20.7. The number of carbonyl (C=O) groups excluding carboxylic acids is 4. The van der Waals surface area contributed by atoms with Gasteiger partial charge in [-0.3, -0.25) is 19.3 Å². The van der Waals surface area contributed by atoms with Crippen LogP contribution in [0.1, 0.15) is 53.8 Å². The minimum Gasteiger partial charge on any atom is -0.497 e. The molecule has 2 aliphatic rings. The Morgan fingerprint density at radius 1 is 0.907 bits per heavy atom. The molecule has 43 heavy (non-hydrogen) atoms. The van der Waals surface area contributed by atoms with Gasteiger partial charge in [-0.25, -0.2) is 9.78 Å². The molecule has 0 spiro atoms. The zero-order valence-corrected chi connectivity index (χ0v) is 24.3. The quantitative estimate of drug-likeness (QED) is 0.145. The van der Waals surface area contributed by atoms with Crippen LogP contribution in [0.4, 0.5) is 5.69 Å². The number of Topliss-reactive ketones (excluding diaryl/α,β-unsaturated/α-hetero) is 1. The van der Waals surface area contributed by atoms with Gasteiger partial charge in [0.1, 0.15) is 5.75 Å². The fraction of sp³-hybridized carbons (Fsp3) is 0.286. The smallest absolute Gasteiger partial charge is 0.339 e. The van der Waals surface area contributed by atoms with Gasteiger partial charge >= 0.3 is 5.97 Å². The number of anilines is 1. The third kappa shape index (κ3) is 5.29. The van der Waals surface area contributed by atoms with Crippen molar-refractivity contribution in [1.29, 1.82) is 0 Å². The monoisotopic (exact) mass is 576 g/mol. The van der Waals surface area contributed by atoms with E-state index in [0.717, 1.165) is 19.3 Å². The van der Waals surface area contributed by atoms with E-state index in [4.69, 9.17) is 14.5 Å². The number of benzene rings is 3. The molecule has 1 aliphatic carbocycles. The van der Waals surface area contributed by atoms with Gasteiger partial charge in [-0.1, -0.05) is 37.3 Å². The molecule has 4 aromatic rings. The SMILES string of the molecule is COc1ccc(C(=O)[C@@H](C)OC(=O)c2cc(-c3ccc(N4C(=O)[C@H]5C[C@H](C)CC[C@H]5C4=O)cc3)nc3ccccc23)cc1. The number of rotatable bonds is 7. The van der Waals surface area contributed by atoms with Crippen molar-refractivity contribution in [2.24, 2.45) is 17.8 Å². The average molecular weight is 577 g/mol. The van der Waals surface area contributed by atoms with Gasteiger partial charge in [0.25, 0.3) is 0 Å². The molecule has 1 aliphatic heterocycles. The Morgan fingerprint density at radius 3 is 2.33 bits per heavy atom. The van der Waals surface area contributed by atoms with E-state index in [1.165, 1.54) is 4.90 Å². The van der Waals surface area contributed by atoms with Crippen molar-refractivity contribution in [3.63, 3.8) is 0 Å². The number of methoxy groups -OCH3 is 1. The van der Waals surface area contributed by atoms with Gasteiger partial charge in [-0.05, 0) is 80.6 Å². The van der Waals surface area contributed by atoms with Gasteiger partial charge in [0, 0.05) is 16.5 Å². The highest BCUT2D eigenvalue weighted by Crippen LogP contribution is 2.42. The molecule has 6 rings (SSSR count). The maximum absolute atomic E-state index is 13.4. The molecule has 8 heteroatoms. The van der Waals surface area contributed by atoms with E-state index in [1.807, 2.05) is 12.1 Å². The Morgan fingerprint density at radius 2 is 1.60 bits per heavy atom. The lowest BCUT2D eigenvalue weighted by Gasteiger charge is -2.25. The maximum Gasteiger partial charge on any atom is 0.339 e. The Kier molecular flexibility index (Phi) is 7.52. The second-order valence-electron chi connectivity index (χ2n) is 11.4. The highest BCUT2D eigenvalue weighted by atomic mass is 16.5. The summed E-state index contributed by atoms with van der Waals surface area (Å²) >= 11 is 0. The molecule has 1 aromatic heterocycles. The van der Waals surface area contributed by atoms with Gasteiger partial charge < -0.3 is 9.47 Å². The Bertz CT molecular complexity index is 1730. The number of nitrogens with zero attached hydrogens (tertiary/aromatic N) is 2. The van der Waals surface area contributed by atoms with Crippen LogP contribution >= 0.6 is 0 Å². The number of ketones is 1. The van der Waals surface area contributed by atoms with Crippen LogP contribution in [-0.2, 0) is 14.3 Å². The van der Waals surface area contributed by atoms with E-state index in [9.17, 15) is 19.2 Å². The van der Waals surface area contributed by atoms with Gasteiger partial charge in [0.2, 0.25) is 17.6 Å². The first kappa shape index (κ1) is 28.3. The van der Waals surface area contributed by atoms with Crippen molar-refractivity contribution in [2.45, 2.75) is 39.2 Å². The van der Waals surface area contributed by atoms with E-state index in [2.05, 4.69) is 6.92 Å².